The van der Waals surface area contributed by atoms with Crippen molar-refractivity contribution in [2.45, 2.75) is 37.0 Å². The molecule has 11 heteroatoms. The highest BCUT2D eigenvalue weighted by Gasteiger charge is 2.49. The van der Waals surface area contributed by atoms with Gasteiger partial charge < -0.3 is 16.0 Å². The van der Waals surface area contributed by atoms with Crippen LogP contribution in [-0.2, 0) is 32.7 Å². The van der Waals surface area contributed by atoms with Gasteiger partial charge in [0.2, 0.25) is 15.9 Å². The average molecular weight is 511 g/mol. The number of halogens is 2. The molecule has 3 N–H and O–H groups in total. The lowest BCUT2D eigenvalue weighted by Gasteiger charge is -2.29. The van der Waals surface area contributed by atoms with Gasteiger partial charge in [-0.1, -0.05) is 47.5 Å². The van der Waals surface area contributed by atoms with Crippen LogP contribution < -0.4 is 11.1 Å². The fourth-order valence-corrected chi connectivity index (χ4v) is 5.78. The van der Waals surface area contributed by atoms with E-state index >= 15 is 0 Å². The standard InChI is InChI=1S/C22H24Cl2N4O4S/c23-18-7-6-17(11-19(18)24)33(31,32)28-9-8-27(22(30)16-4-5-16)21(28)20(29)26-13-15-3-1-2-14(10-15)12-25/h1-3,6-7,10-11,16,21H,4-5,8-9,12-13,25H2,(H,26,29). The molecule has 2 aliphatic rings. The Morgan fingerprint density at radius 2 is 1.76 bits per heavy atom. The van der Waals surface area contributed by atoms with Crippen LogP contribution in [0.25, 0.3) is 0 Å². The third kappa shape index (κ3) is 5.02. The fourth-order valence-electron chi connectivity index (χ4n) is 3.85. The van der Waals surface area contributed by atoms with Crippen LogP contribution in [0, 0.1) is 5.92 Å². The zero-order valence-corrected chi connectivity index (χ0v) is 20.0. The third-order valence-electron chi connectivity index (χ3n) is 5.76. The van der Waals surface area contributed by atoms with Gasteiger partial charge in [0, 0.05) is 32.1 Å². The molecule has 0 spiro atoms. The lowest BCUT2D eigenvalue weighted by Crippen LogP contribution is -2.53. The summed E-state index contributed by atoms with van der Waals surface area (Å²) in [6, 6.07) is 11.4. The van der Waals surface area contributed by atoms with Gasteiger partial charge in [-0.3, -0.25) is 9.59 Å². The molecule has 2 amide bonds. The molecule has 1 atom stereocenters. The molecule has 2 aromatic rings. The van der Waals surface area contributed by atoms with Gasteiger partial charge in [-0.2, -0.15) is 4.31 Å². The number of sulfonamides is 1. The van der Waals surface area contributed by atoms with Gasteiger partial charge in [0.1, 0.15) is 0 Å². The topological polar surface area (TPSA) is 113 Å². The summed E-state index contributed by atoms with van der Waals surface area (Å²) in [5.74, 6) is -0.926. The predicted molar refractivity (Wildman–Crippen MR) is 125 cm³/mol. The zero-order valence-electron chi connectivity index (χ0n) is 17.7. The maximum absolute atomic E-state index is 13.4. The first-order valence-electron chi connectivity index (χ1n) is 10.6. The maximum atomic E-state index is 13.4. The number of nitrogens with zero attached hydrogens (tertiary/aromatic N) is 2. The second-order valence-corrected chi connectivity index (χ2v) is 10.8. The van der Waals surface area contributed by atoms with E-state index in [1.165, 1.54) is 23.1 Å². The van der Waals surface area contributed by atoms with Gasteiger partial charge in [-0.05, 0) is 42.2 Å². The molecule has 1 saturated carbocycles. The minimum Gasteiger partial charge on any atom is -0.349 e. The largest absolute Gasteiger partial charge is 0.349 e. The van der Waals surface area contributed by atoms with Gasteiger partial charge in [0.05, 0.1) is 14.9 Å². The van der Waals surface area contributed by atoms with Crippen molar-refractivity contribution in [3.8, 4) is 0 Å². The second kappa shape index (κ2) is 9.60. The molecule has 4 rings (SSSR count). The van der Waals surface area contributed by atoms with E-state index in [0.29, 0.717) is 6.54 Å². The molecule has 1 heterocycles. The SMILES string of the molecule is NCc1cccc(CNC(=O)C2N(C(=O)C3CC3)CCN2S(=O)(=O)c2ccc(Cl)c(Cl)c2)c1. The van der Waals surface area contributed by atoms with Crippen LogP contribution in [-0.4, -0.2) is 48.7 Å². The average Bonchev–Trinajstić information content (AvgIpc) is 3.56. The van der Waals surface area contributed by atoms with E-state index in [4.69, 9.17) is 28.9 Å². The Hall–Kier alpha value is -2.17. The first-order chi connectivity index (χ1) is 15.7. The molecule has 0 aromatic heterocycles. The monoisotopic (exact) mass is 510 g/mol. The molecule has 1 unspecified atom stereocenters. The number of carbonyl (C=O) groups excluding carboxylic acids is 2. The van der Waals surface area contributed by atoms with Gasteiger partial charge >= 0.3 is 0 Å². The molecule has 2 aromatic carbocycles. The smallest absolute Gasteiger partial charge is 0.259 e. The maximum Gasteiger partial charge on any atom is 0.259 e. The van der Waals surface area contributed by atoms with Gasteiger partial charge in [0.15, 0.2) is 6.17 Å². The van der Waals surface area contributed by atoms with Crippen molar-refractivity contribution in [2.75, 3.05) is 13.1 Å². The summed E-state index contributed by atoms with van der Waals surface area (Å²) in [7, 11) is -4.12. The van der Waals surface area contributed by atoms with Crippen molar-refractivity contribution in [1.82, 2.24) is 14.5 Å². The fraction of sp³-hybridized carbons (Fsp3) is 0.364. The minimum absolute atomic E-state index is 0.00177. The summed E-state index contributed by atoms with van der Waals surface area (Å²) in [6.45, 7) is 0.678. The molecule has 1 aliphatic heterocycles. The summed E-state index contributed by atoms with van der Waals surface area (Å²) >= 11 is 12.0. The van der Waals surface area contributed by atoms with Crippen molar-refractivity contribution in [1.29, 1.82) is 0 Å². The first kappa shape index (κ1) is 24.0. The number of hydrogen-bond acceptors (Lipinski definition) is 5. The number of nitrogens with two attached hydrogens (primary N) is 1. The summed E-state index contributed by atoms with van der Waals surface area (Å²) in [5, 5.41) is 3.09. The predicted octanol–water partition coefficient (Wildman–Crippen LogP) is 2.34. The van der Waals surface area contributed by atoms with Crippen molar-refractivity contribution < 1.29 is 18.0 Å². The normalized spacial score (nSPS) is 19.0. The van der Waals surface area contributed by atoms with Crippen LogP contribution in [0.15, 0.2) is 47.4 Å². The van der Waals surface area contributed by atoms with Gasteiger partial charge in [-0.25, -0.2) is 8.42 Å². The Bertz CT molecular complexity index is 1190. The third-order valence-corrected chi connectivity index (χ3v) is 8.35. The van der Waals surface area contributed by atoms with E-state index in [0.717, 1.165) is 28.3 Å². The van der Waals surface area contributed by atoms with Gasteiger partial charge in [-0.15, -0.1) is 0 Å². The molecule has 0 bridgehead atoms. The molecule has 176 valence electrons. The molecule has 2 fully saturated rings. The zero-order chi connectivity index (χ0) is 23.8. The van der Waals surface area contributed by atoms with Crippen molar-refractivity contribution in [2.24, 2.45) is 11.7 Å². The van der Waals surface area contributed by atoms with Crippen LogP contribution in [0.1, 0.15) is 24.0 Å². The Balaban J connectivity index is 1.60. The first-order valence-corrected chi connectivity index (χ1v) is 12.7. The summed E-state index contributed by atoms with van der Waals surface area (Å²) in [5.41, 5.74) is 7.41. The minimum atomic E-state index is -4.12. The number of carbonyl (C=O) groups is 2. The molecular formula is C22H24Cl2N4O4S. The highest BCUT2D eigenvalue weighted by atomic mass is 35.5. The summed E-state index contributed by atoms with van der Waals surface area (Å²) in [4.78, 5) is 27.4. The van der Waals surface area contributed by atoms with Crippen LogP contribution in [0.2, 0.25) is 10.0 Å². The van der Waals surface area contributed by atoms with Crippen LogP contribution >= 0.6 is 23.2 Å². The molecule has 33 heavy (non-hydrogen) atoms. The molecule has 0 radical (unpaired) electrons. The lowest BCUT2D eigenvalue weighted by molar-refractivity contribution is -0.141. The van der Waals surface area contributed by atoms with Crippen LogP contribution in [0.5, 0.6) is 0 Å². The van der Waals surface area contributed by atoms with E-state index < -0.39 is 22.1 Å². The number of benzene rings is 2. The summed E-state index contributed by atoms with van der Waals surface area (Å²) < 4.78 is 27.9. The molecule has 1 saturated heterocycles. The van der Waals surface area contributed by atoms with Gasteiger partial charge in [0.25, 0.3) is 5.91 Å². The highest BCUT2D eigenvalue weighted by Crippen LogP contribution is 2.35. The van der Waals surface area contributed by atoms with Crippen molar-refractivity contribution in [3.63, 3.8) is 0 Å². The van der Waals surface area contributed by atoms with E-state index in [-0.39, 0.29) is 46.4 Å². The van der Waals surface area contributed by atoms with E-state index in [1.54, 1.807) is 0 Å². The van der Waals surface area contributed by atoms with E-state index in [9.17, 15) is 18.0 Å². The van der Waals surface area contributed by atoms with E-state index in [2.05, 4.69) is 5.32 Å². The summed E-state index contributed by atoms with van der Waals surface area (Å²) in [6.07, 6.45) is 0.208. The Kier molecular flexibility index (Phi) is 6.97. The Morgan fingerprint density at radius 1 is 1.03 bits per heavy atom. The number of amides is 2. The van der Waals surface area contributed by atoms with E-state index in [1.807, 2.05) is 24.3 Å². The quantitative estimate of drug-likeness (QED) is 0.593. The number of hydrogen-bond donors (Lipinski definition) is 2. The van der Waals surface area contributed by atoms with Crippen molar-refractivity contribution >= 4 is 45.0 Å². The van der Waals surface area contributed by atoms with Crippen LogP contribution in [0.3, 0.4) is 0 Å². The Morgan fingerprint density at radius 3 is 2.42 bits per heavy atom. The lowest BCUT2D eigenvalue weighted by atomic mass is 10.1. The molecular weight excluding hydrogens is 487 g/mol. The molecule has 8 nitrogen and oxygen atoms in total. The van der Waals surface area contributed by atoms with Crippen molar-refractivity contribution in [3.05, 3.63) is 63.6 Å². The second-order valence-electron chi connectivity index (χ2n) is 8.11. The highest BCUT2D eigenvalue weighted by molar-refractivity contribution is 7.89. The van der Waals surface area contributed by atoms with Crippen LogP contribution in [0.4, 0.5) is 0 Å². The Labute approximate surface area is 202 Å². The molecule has 1 aliphatic carbocycles. The number of rotatable bonds is 7. The number of nitrogens with one attached hydrogen (secondary N) is 1.